The van der Waals surface area contributed by atoms with E-state index >= 15 is 0 Å². The molecular formula is C12H11FN2O2S. The van der Waals surface area contributed by atoms with Gasteiger partial charge in [0.05, 0.1) is 5.69 Å². The van der Waals surface area contributed by atoms with E-state index in [0.29, 0.717) is 21.9 Å². The van der Waals surface area contributed by atoms with Crippen LogP contribution in [-0.2, 0) is 0 Å². The summed E-state index contributed by atoms with van der Waals surface area (Å²) in [5, 5.41) is 12.3. The zero-order chi connectivity index (χ0) is 13.3. The van der Waals surface area contributed by atoms with Crippen LogP contribution in [0.4, 0.5) is 15.1 Å². The van der Waals surface area contributed by atoms with Crippen molar-refractivity contribution < 1.29 is 14.3 Å². The van der Waals surface area contributed by atoms with E-state index in [9.17, 15) is 9.18 Å². The molecule has 2 aromatic rings. The van der Waals surface area contributed by atoms with E-state index in [4.69, 9.17) is 5.11 Å². The number of aromatic nitrogens is 1. The number of hydrogen-bond acceptors (Lipinski definition) is 4. The van der Waals surface area contributed by atoms with Crippen LogP contribution < -0.4 is 5.32 Å². The molecule has 0 bridgehead atoms. The van der Waals surface area contributed by atoms with E-state index < -0.39 is 5.97 Å². The number of carboxylic acids is 1. The average Bonchev–Trinajstić information content (AvgIpc) is 2.65. The van der Waals surface area contributed by atoms with Gasteiger partial charge in [0.2, 0.25) is 0 Å². The summed E-state index contributed by atoms with van der Waals surface area (Å²) in [6, 6.07) is 4.65. The smallest absolute Gasteiger partial charge is 0.340 e. The number of aromatic carboxylic acids is 1. The van der Waals surface area contributed by atoms with Gasteiger partial charge in [-0.1, -0.05) is 6.07 Å². The van der Waals surface area contributed by atoms with Crippen LogP contribution in [0.15, 0.2) is 18.2 Å². The molecular weight excluding hydrogens is 255 g/mol. The molecule has 6 heteroatoms. The van der Waals surface area contributed by atoms with Gasteiger partial charge in [-0.3, -0.25) is 0 Å². The lowest BCUT2D eigenvalue weighted by Gasteiger charge is -2.06. The fourth-order valence-electron chi connectivity index (χ4n) is 1.51. The van der Waals surface area contributed by atoms with Crippen LogP contribution in [0.5, 0.6) is 0 Å². The molecule has 0 atom stereocenters. The van der Waals surface area contributed by atoms with Crippen LogP contribution >= 0.6 is 11.5 Å². The molecule has 4 nitrogen and oxygen atoms in total. The molecule has 0 spiro atoms. The predicted molar refractivity (Wildman–Crippen MR) is 68.2 cm³/mol. The number of carboxylic acid groups (broad SMARTS) is 1. The van der Waals surface area contributed by atoms with Crippen molar-refractivity contribution in [2.75, 3.05) is 5.32 Å². The Morgan fingerprint density at radius 2 is 2.17 bits per heavy atom. The van der Waals surface area contributed by atoms with Gasteiger partial charge in [-0.25, -0.2) is 9.18 Å². The Morgan fingerprint density at radius 1 is 1.44 bits per heavy atom. The summed E-state index contributed by atoms with van der Waals surface area (Å²) >= 11 is 1.04. The van der Waals surface area contributed by atoms with E-state index in [1.165, 1.54) is 6.07 Å². The molecule has 2 rings (SSSR count). The third-order valence-corrected chi connectivity index (χ3v) is 3.36. The standard InChI is InChI=1S/C12H11FN2O2S/c1-6-3-4-8(5-9(6)13)14-11-10(12(16)17)7(2)15-18-11/h3-5,14H,1-2H3,(H,16,17). The number of anilines is 2. The molecule has 0 aliphatic carbocycles. The van der Waals surface area contributed by atoms with Gasteiger partial charge in [-0.2, -0.15) is 4.37 Å². The summed E-state index contributed by atoms with van der Waals surface area (Å²) < 4.78 is 17.4. The number of aryl methyl sites for hydroxylation is 2. The Balaban J connectivity index is 2.34. The molecule has 0 radical (unpaired) electrons. The van der Waals surface area contributed by atoms with Crippen molar-refractivity contribution in [3.05, 3.63) is 40.8 Å². The molecule has 2 N–H and O–H groups in total. The van der Waals surface area contributed by atoms with Crippen molar-refractivity contribution in [3.63, 3.8) is 0 Å². The van der Waals surface area contributed by atoms with Crippen LogP contribution in [0.25, 0.3) is 0 Å². The number of nitrogens with one attached hydrogen (secondary N) is 1. The first-order valence-corrected chi connectivity index (χ1v) is 5.99. The maximum absolute atomic E-state index is 13.4. The quantitative estimate of drug-likeness (QED) is 0.894. The van der Waals surface area contributed by atoms with Crippen molar-refractivity contribution in [1.29, 1.82) is 0 Å². The summed E-state index contributed by atoms with van der Waals surface area (Å²) in [7, 11) is 0. The molecule has 0 unspecified atom stereocenters. The molecule has 1 aromatic carbocycles. The highest BCUT2D eigenvalue weighted by Crippen LogP contribution is 2.28. The van der Waals surface area contributed by atoms with E-state index in [1.807, 2.05) is 0 Å². The summed E-state index contributed by atoms with van der Waals surface area (Å²) in [6.07, 6.45) is 0. The second-order valence-electron chi connectivity index (χ2n) is 3.87. The number of nitrogens with zero attached hydrogens (tertiary/aromatic N) is 1. The van der Waals surface area contributed by atoms with Gasteiger partial charge in [0.15, 0.2) is 0 Å². The third kappa shape index (κ3) is 2.33. The second-order valence-corrected chi connectivity index (χ2v) is 4.64. The average molecular weight is 266 g/mol. The van der Waals surface area contributed by atoms with Crippen LogP contribution in [0.3, 0.4) is 0 Å². The highest BCUT2D eigenvalue weighted by atomic mass is 32.1. The van der Waals surface area contributed by atoms with Gasteiger partial charge >= 0.3 is 5.97 Å². The van der Waals surface area contributed by atoms with E-state index in [-0.39, 0.29) is 11.4 Å². The maximum Gasteiger partial charge on any atom is 0.340 e. The van der Waals surface area contributed by atoms with Crippen molar-refractivity contribution in [3.8, 4) is 0 Å². The lowest BCUT2D eigenvalue weighted by Crippen LogP contribution is -2.01. The molecule has 0 aliphatic rings. The highest BCUT2D eigenvalue weighted by Gasteiger charge is 2.17. The van der Waals surface area contributed by atoms with Crippen LogP contribution in [0.2, 0.25) is 0 Å². The van der Waals surface area contributed by atoms with Crippen molar-refractivity contribution in [2.45, 2.75) is 13.8 Å². The Kier molecular flexibility index (Phi) is 3.29. The zero-order valence-electron chi connectivity index (χ0n) is 9.82. The van der Waals surface area contributed by atoms with Crippen molar-refractivity contribution in [2.24, 2.45) is 0 Å². The van der Waals surface area contributed by atoms with Gasteiger partial charge in [0.25, 0.3) is 0 Å². The van der Waals surface area contributed by atoms with Gasteiger partial charge in [-0.15, -0.1) is 0 Å². The zero-order valence-corrected chi connectivity index (χ0v) is 10.6. The molecule has 1 aromatic heterocycles. The topological polar surface area (TPSA) is 62.2 Å². The van der Waals surface area contributed by atoms with Crippen LogP contribution in [0.1, 0.15) is 21.6 Å². The van der Waals surface area contributed by atoms with E-state index in [0.717, 1.165) is 11.5 Å². The second kappa shape index (κ2) is 4.73. The fraction of sp³-hybridized carbons (Fsp3) is 0.167. The Bertz CT molecular complexity index is 610. The molecule has 1 heterocycles. The monoisotopic (exact) mass is 266 g/mol. The number of rotatable bonds is 3. The molecule has 0 aliphatic heterocycles. The predicted octanol–water partition coefficient (Wildman–Crippen LogP) is 3.34. The largest absolute Gasteiger partial charge is 0.478 e. The minimum atomic E-state index is -1.05. The first kappa shape index (κ1) is 12.5. The van der Waals surface area contributed by atoms with Gasteiger partial charge in [0, 0.05) is 5.69 Å². The summed E-state index contributed by atoms with van der Waals surface area (Å²) in [6.45, 7) is 3.29. The first-order valence-electron chi connectivity index (χ1n) is 5.22. The third-order valence-electron chi connectivity index (χ3n) is 2.51. The fourth-order valence-corrected chi connectivity index (χ4v) is 2.32. The minimum absolute atomic E-state index is 0.126. The van der Waals surface area contributed by atoms with E-state index in [2.05, 4.69) is 9.69 Å². The lowest BCUT2D eigenvalue weighted by atomic mass is 10.2. The Hall–Kier alpha value is -1.95. The number of benzene rings is 1. The molecule has 0 saturated carbocycles. The molecule has 18 heavy (non-hydrogen) atoms. The first-order chi connectivity index (χ1) is 8.49. The summed E-state index contributed by atoms with van der Waals surface area (Å²) in [5.74, 6) is -1.38. The highest BCUT2D eigenvalue weighted by molar-refractivity contribution is 7.10. The molecule has 0 fully saturated rings. The lowest BCUT2D eigenvalue weighted by molar-refractivity contribution is 0.0697. The van der Waals surface area contributed by atoms with Gasteiger partial charge < -0.3 is 10.4 Å². The Labute approximate surface area is 107 Å². The molecule has 94 valence electrons. The summed E-state index contributed by atoms with van der Waals surface area (Å²) in [5.41, 5.74) is 1.62. The SMILES string of the molecule is Cc1ccc(Nc2snc(C)c2C(=O)O)cc1F. The number of hydrogen-bond donors (Lipinski definition) is 2. The van der Waals surface area contributed by atoms with Gasteiger partial charge in [-0.05, 0) is 43.1 Å². The normalized spacial score (nSPS) is 10.4. The van der Waals surface area contributed by atoms with Crippen LogP contribution in [0, 0.1) is 19.7 Å². The minimum Gasteiger partial charge on any atom is -0.478 e. The van der Waals surface area contributed by atoms with Gasteiger partial charge in [0.1, 0.15) is 16.4 Å². The molecule has 0 amide bonds. The molecule has 0 saturated heterocycles. The van der Waals surface area contributed by atoms with Crippen LogP contribution in [-0.4, -0.2) is 15.4 Å². The number of carbonyl (C=O) groups is 1. The summed E-state index contributed by atoms with van der Waals surface area (Å²) in [4.78, 5) is 11.1. The van der Waals surface area contributed by atoms with E-state index in [1.54, 1.807) is 26.0 Å². The Morgan fingerprint density at radius 3 is 2.78 bits per heavy atom. The maximum atomic E-state index is 13.4. The van der Waals surface area contributed by atoms with Crippen molar-refractivity contribution >= 4 is 28.2 Å². The van der Waals surface area contributed by atoms with Crippen molar-refractivity contribution in [1.82, 2.24) is 4.37 Å². The number of halogens is 1.